The van der Waals surface area contributed by atoms with Gasteiger partial charge in [-0.1, -0.05) is 0 Å². The van der Waals surface area contributed by atoms with E-state index in [2.05, 4.69) is 21.2 Å². The maximum absolute atomic E-state index is 13.7. The molecule has 0 aromatic heterocycles. The third-order valence-electron chi connectivity index (χ3n) is 3.69. The molecule has 1 fully saturated rings. The van der Waals surface area contributed by atoms with Crippen LogP contribution in [0.15, 0.2) is 21.5 Å². The molecule has 8 heteroatoms. The molecule has 0 radical (unpaired) electrons. The van der Waals surface area contributed by atoms with Crippen molar-refractivity contribution in [1.82, 2.24) is 9.62 Å². The van der Waals surface area contributed by atoms with Gasteiger partial charge in [0.15, 0.2) is 0 Å². The summed E-state index contributed by atoms with van der Waals surface area (Å²) in [5.41, 5.74) is 0. The van der Waals surface area contributed by atoms with Gasteiger partial charge in [-0.15, -0.1) is 0 Å². The third kappa shape index (κ3) is 3.39. The molecule has 1 aliphatic rings. The first kappa shape index (κ1) is 16.7. The van der Waals surface area contributed by atoms with Crippen molar-refractivity contribution in [3.8, 4) is 5.75 Å². The van der Waals surface area contributed by atoms with E-state index in [0.29, 0.717) is 0 Å². The van der Waals surface area contributed by atoms with E-state index in [-0.39, 0.29) is 21.2 Å². The van der Waals surface area contributed by atoms with Crippen molar-refractivity contribution < 1.29 is 17.5 Å². The molecule has 1 saturated heterocycles. The molecular weight excluding hydrogens is 363 g/mol. The zero-order valence-electron chi connectivity index (χ0n) is 11.9. The average Bonchev–Trinajstić information content (AvgIpc) is 2.49. The van der Waals surface area contributed by atoms with Crippen molar-refractivity contribution in [2.45, 2.75) is 23.8 Å². The van der Waals surface area contributed by atoms with E-state index in [0.717, 1.165) is 32.0 Å². The van der Waals surface area contributed by atoms with Gasteiger partial charge >= 0.3 is 0 Å². The summed E-state index contributed by atoms with van der Waals surface area (Å²) in [5, 5.41) is 3.19. The molecular formula is C13H18BrFN2O3S. The van der Waals surface area contributed by atoms with Gasteiger partial charge in [0.1, 0.15) is 16.5 Å². The SMILES string of the molecule is COc1cc(Br)c(F)cc1S(=O)(=O)N(C)C1CCNCC1. The average molecular weight is 381 g/mol. The number of methoxy groups -OCH3 is 1. The highest BCUT2D eigenvalue weighted by atomic mass is 79.9. The molecule has 21 heavy (non-hydrogen) atoms. The second-order valence-corrected chi connectivity index (χ2v) is 7.74. The maximum atomic E-state index is 13.7. The van der Waals surface area contributed by atoms with Gasteiger partial charge in [0.2, 0.25) is 10.0 Å². The van der Waals surface area contributed by atoms with Crippen molar-refractivity contribution in [3.63, 3.8) is 0 Å². The lowest BCUT2D eigenvalue weighted by Crippen LogP contribution is -2.43. The number of halogens is 2. The predicted molar refractivity (Wildman–Crippen MR) is 81.5 cm³/mol. The number of rotatable bonds is 4. The summed E-state index contributed by atoms with van der Waals surface area (Å²) in [7, 11) is -0.904. The largest absolute Gasteiger partial charge is 0.495 e. The molecule has 0 amide bonds. The molecule has 0 bridgehead atoms. The Morgan fingerprint density at radius 2 is 2.00 bits per heavy atom. The molecule has 118 valence electrons. The fourth-order valence-electron chi connectivity index (χ4n) is 2.39. The second kappa shape index (κ2) is 6.60. The number of piperidine rings is 1. The predicted octanol–water partition coefficient (Wildman–Crippen LogP) is 1.97. The molecule has 0 atom stereocenters. The minimum Gasteiger partial charge on any atom is -0.495 e. The number of sulfonamides is 1. The Hall–Kier alpha value is -0.700. The van der Waals surface area contributed by atoms with Crippen LogP contribution in [0.4, 0.5) is 4.39 Å². The fraction of sp³-hybridized carbons (Fsp3) is 0.538. The standard InChI is InChI=1S/C13H18BrFN2O3S/c1-17(9-3-5-16-6-4-9)21(18,19)13-8-11(15)10(14)7-12(13)20-2/h7-9,16H,3-6H2,1-2H3. The van der Waals surface area contributed by atoms with Gasteiger partial charge in [0.05, 0.1) is 11.6 Å². The lowest BCUT2D eigenvalue weighted by molar-refractivity contribution is 0.295. The molecule has 0 saturated carbocycles. The van der Waals surface area contributed by atoms with Crippen LogP contribution < -0.4 is 10.1 Å². The quantitative estimate of drug-likeness (QED) is 0.867. The molecule has 0 spiro atoms. The van der Waals surface area contributed by atoms with Gasteiger partial charge in [0, 0.05) is 13.1 Å². The Morgan fingerprint density at radius 3 is 2.57 bits per heavy atom. The van der Waals surface area contributed by atoms with E-state index in [1.54, 1.807) is 0 Å². The van der Waals surface area contributed by atoms with Crippen molar-refractivity contribution in [3.05, 3.63) is 22.4 Å². The number of hydrogen-bond acceptors (Lipinski definition) is 4. The summed E-state index contributed by atoms with van der Waals surface area (Å²) in [6, 6.07) is 2.24. The Bertz CT molecular complexity index is 618. The number of ether oxygens (including phenoxy) is 1. The highest BCUT2D eigenvalue weighted by Crippen LogP contribution is 2.32. The molecule has 1 aliphatic heterocycles. The first-order valence-electron chi connectivity index (χ1n) is 6.59. The van der Waals surface area contributed by atoms with Gasteiger partial charge in [-0.2, -0.15) is 4.31 Å². The van der Waals surface area contributed by atoms with Crippen LogP contribution in [-0.2, 0) is 10.0 Å². The Kier molecular flexibility index (Phi) is 5.24. The smallest absolute Gasteiger partial charge is 0.246 e. The van der Waals surface area contributed by atoms with E-state index in [1.807, 2.05) is 0 Å². The summed E-state index contributed by atoms with van der Waals surface area (Å²) in [4.78, 5) is -0.147. The summed E-state index contributed by atoms with van der Waals surface area (Å²) in [6.45, 7) is 1.55. The van der Waals surface area contributed by atoms with Crippen LogP contribution in [0.5, 0.6) is 5.75 Å². The normalized spacial score (nSPS) is 17.2. The van der Waals surface area contributed by atoms with Crippen molar-refractivity contribution in [2.24, 2.45) is 0 Å². The minimum absolute atomic E-state index is 0.0901. The zero-order chi connectivity index (χ0) is 15.6. The first-order valence-corrected chi connectivity index (χ1v) is 8.83. The maximum Gasteiger partial charge on any atom is 0.246 e. The van der Waals surface area contributed by atoms with E-state index in [1.165, 1.54) is 24.5 Å². The lowest BCUT2D eigenvalue weighted by atomic mass is 10.1. The Balaban J connectivity index is 2.40. The van der Waals surface area contributed by atoms with Gasteiger partial charge < -0.3 is 10.1 Å². The third-order valence-corrected chi connectivity index (χ3v) is 6.23. The van der Waals surface area contributed by atoms with Gasteiger partial charge in [-0.05, 0) is 54.0 Å². The summed E-state index contributed by atoms with van der Waals surface area (Å²) >= 11 is 3.03. The number of nitrogens with zero attached hydrogens (tertiary/aromatic N) is 1. The van der Waals surface area contributed by atoms with Crippen molar-refractivity contribution >= 4 is 26.0 Å². The Morgan fingerprint density at radius 1 is 1.38 bits per heavy atom. The molecule has 0 aliphatic carbocycles. The summed E-state index contributed by atoms with van der Waals surface area (Å²) < 4.78 is 45.8. The topological polar surface area (TPSA) is 58.6 Å². The van der Waals surface area contributed by atoms with Gasteiger partial charge in [0.25, 0.3) is 0 Å². The highest BCUT2D eigenvalue weighted by molar-refractivity contribution is 9.10. The summed E-state index contributed by atoms with van der Waals surface area (Å²) in [5.74, 6) is -0.503. The number of nitrogens with one attached hydrogen (secondary N) is 1. The van der Waals surface area contributed by atoms with Crippen LogP contribution in [0.2, 0.25) is 0 Å². The highest BCUT2D eigenvalue weighted by Gasteiger charge is 2.32. The van der Waals surface area contributed by atoms with Crippen LogP contribution in [0, 0.1) is 5.82 Å². The van der Waals surface area contributed by atoms with Crippen LogP contribution in [0.25, 0.3) is 0 Å². The zero-order valence-corrected chi connectivity index (χ0v) is 14.3. The van der Waals surface area contributed by atoms with Crippen LogP contribution >= 0.6 is 15.9 Å². The monoisotopic (exact) mass is 380 g/mol. The minimum atomic E-state index is -3.80. The summed E-state index contributed by atoms with van der Waals surface area (Å²) in [6.07, 6.45) is 1.47. The fourth-order valence-corrected chi connectivity index (χ4v) is 4.28. The van der Waals surface area contributed by atoms with E-state index in [4.69, 9.17) is 4.74 Å². The van der Waals surface area contributed by atoms with Crippen molar-refractivity contribution in [2.75, 3.05) is 27.2 Å². The van der Waals surface area contributed by atoms with Gasteiger partial charge in [-0.25, -0.2) is 12.8 Å². The second-order valence-electron chi connectivity index (χ2n) is 4.92. The molecule has 1 aromatic rings. The lowest BCUT2D eigenvalue weighted by Gasteiger charge is -2.31. The molecule has 5 nitrogen and oxygen atoms in total. The van der Waals surface area contributed by atoms with Crippen LogP contribution in [0.3, 0.4) is 0 Å². The number of benzene rings is 1. The molecule has 2 rings (SSSR count). The molecule has 0 unspecified atom stereocenters. The van der Waals surface area contributed by atoms with Gasteiger partial charge in [-0.3, -0.25) is 0 Å². The van der Waals surface area contributed by atoms with Crippen LogP contribution in [-0.4, -0.2) is 46.0 Å². The molecule has 1 aromatic carbocycles. The number of hydrogen-bond donors (Lipinski definition) is 1. The van der Waals surface area contributed by atoms with E-state index in [9.17, 15) is 12.8 Å². The van der Waals surface area contributed by atoms with Crippen molar-refractivity contribution in [1.29, 1.82) is 0 Å². The Labute approximate surface area is 132 Å². The molecule has 1 N–H and O–H groups in total. The van der Waals surface area contributed by atoms with E-state index < -0.39 is 15.8 Å². The molecule has 1 heterocycles. The van der Waals surface area contributed by atoms with E-state index >= 15 is 0 Å². The first-order chi connectivity index (χ1) is 9.87. The van der Waals surface area contributed by atoms with Crippen LogP contribution in [0.1, 0.15) is 12.8 Å².